The van der Waals surface area contributed by atoms with E-state index in [4.69, 9.17) is 49.5 Å². The van der Waals surface area contributed by atoms with Gasteiger partial charge in [0, 0.05) is 0 Å². The molecule has 0 bridgehead atoms. The molecule has 8 saturated carbocycles. The summed E-state index contributed by atoms with van der Waals surface area (Å²) in [5, 5.41) is 0.716. The second kappa shape index (κ2) is 47.5. The van der Waals surface area contributed by atoms with E-state index in [1.807, 2.05) is 123 Å². The van der Waals surface area contributed by atoms with Gasteiger partial charge in [0.05, 0.1) is 63.4 Å². The van der Waals surface area contributed by atoms with Crippen molar-refractivity contribution in [2.75, 3.05) is 52.9 Å². The summed E-state index contributed by atoms with van der Waals surface area (Å²) in [7, 11) is 0. The van der Waals surface area contributed by atoms with Crippen molar-refractivity contribution in [3.8, 4) is 46.0 Å². The molecule has 0 unspecified atom stereocenters. The van der Waals surface area contributed by atoms with Crippen molar-refractivity contribution in [3.63, 3.8) is 0 Å². The van der Waals surface area contributed by atoms with E-state index < -0.39 is 11.7 Å². The smallest absolute Gasteiger partial charge is 0.419 e. The van der Waals surface area contributed by atoms with E-state index in [1.165, 1.54) is 162 Å². The molecule has 8 nitrogen and oxygen atoms in total. The maximum absolute atomic E-state index is 14.1. The largest absolute Gasteiger partial charge is 0.493 e. The molecule has 8 aliphatic carbocycles. The lowest BCUT2D eigenvalue weighted by molar-refractivity contribution is -0.139. The molecule has 0 heterocycles. The van der Waals surface area contributed by atoms with E-state index in [9.17, 15) is 35.1 Å². The van der Waals surface area contributed by atoms with Crippen LogP contribution in [0.2, 0.25) is 5.02 Å². The second-order valence-corrected chi connectivity index (χ2v) is 47.5. The Morgan fingerprint density at radius 3 is 0.858 bits per heavy atom. The molecule has 0 atom stereocenters. The topological polar surface area (TPSA) is 73.8 Å². The standard InChI is InChI=1S/C16H23FO.C15H19F3O.C15H21FO.C15H22O.C14H19ClO.3C14H19FO/c1-16(2,3)13-8-9-14(17)15(10-13)18-11-12-6-4-5-7-12;1-14(2,3)11-6-7-12(15(16,17)18)13(8-11)19-9-10-4-5-10;1-15(2,3)12-7-8-13(16)14(9-12)17-10-11-5-4-6-11;1-11-5-8-13(15(2,3)4)9-14(11)16-10-12-6-7-12;1-14(2,3)11-6-7-12(15)13(8-11)16-9-10-4-5-10;1-14(2,3)12-8-11(6-7-13(12)15)16-9-10-4-5-10;1-14(2,3)11-6-7-12(15)13(8-11)16-9-10-4-5-10;1-14(2,3)11-5-4-6-12(13(11)15)16-9-10-7-8-10/h8-10,12H,4-7,11H2,1-3H3;6-8,10H,4-5,9H2,1-3H3;7-9,11H,4-6,10H2,1-3H3;5,8-9,12H,6-7,10H2,1-4H3;3*6-8,10H,4-5,9H2,1-3H3;4-6,10H,7-9H2,1-3H3. The monoisotopic (exact) mass is 1880 g/mol. The fourth-order valence-corrected chi connectivity index (χ4v) is 14.6. The van der Waals surface area contributed by atoms with E-state index >= 15 is 0 Å². The molecule has 8 aromatic rings. The molecule has 17 heteroatoms. The summed E-state index contributed by atoms with van der Waals surface area (Å²) in [4.78, 5) is 0. The third-order valence-electron chi connectivity index (χ3n) is 25.6. The van der Waals surface area contributed by atoms with Gasteiger partial charge in [-0.25, -0.2) is 22.0 Å². The number of hydrogen-bond donors (Lipinski definition) is 0. The van der Waals surface area contributed by atoms with Gasteiger partial charge < -0.3 is 37.9 Å². The lowest BCUT2D eigenvalue weighted by Gasteiger charge is -2.26. The predicted octanol–water partition coefficient (Wildman–Crippen LogP) is 34.0. The molecule has 8 aromatic carbocycles. The number of alkyl halides is 3. The highest BCUT2D eigenvalue weighted by Crippen LogP contribution is 2.44. The van der Waals surface area contributed by atoms with Crippen molar-refractivity contribution in [3.05, 3.63) is 235 Å². The van der Waals surface area contributed by atoms with Crippen LogP contribution in [0.5, 0.6) is 46.0 Å². The van der Waals surface area contributed by atoms with Crippen LogP contribution in [0.4, 0.5) is 35.1 Å². The summed E-state index contributed by atoms with van der Waals surface area (Å²) in [5.74, 6) is 8.46. The van der Waals surface area contributed by atoms with Crippen molar-refractivity contribution < 1.29 is 73.0 Å². The normalized spacial score (nSPS) is 16.5. The molecule has 740 valence electrons. The molecule has 0 aromatic heterocycles. The van der Waals surface area contributed by atoms with Gasteiger partial charge in [0.1, 0.15) is 28.8 Å². The summed E-state index contributed by atoms with van der Waals surface area (Å²) >= 11 is 6.13. The lowest BCUT2D eigenvalue weighted by Crippen LogP contribution is -2.20. The van der Waals surface area contributed by atoms with E-state index in [1.54, 1.807) is 12.1 Å². The SMILES string of the molecule is CC(C)(C)c1cc(OCC2CC2)ccc1F.CC(C)(C)c1ccc(C(F)(F)F)c(OCC2CC2)c1.CC(C)(C)c1ccc(Cl)c(OCC2CC2)c1.CC(C)(C)c1ccc(F)c(OCC2CC2)c1.CC(C)(C)c1ccc(F)c(OCC2CCC2)c1.CC(C)(C)c1ccc(F)c(OCC2CCCC2)c1.CC(C)(C)c1cccc(OCC2CC2)c1F.Cc1ccc(C(C)(C)C)cc1OCC1CC1. The molecule has 0 amide bonds. The number of aryl methyl sites for hydroxylation is 1. The van der Waals surface area contributed by atoms with Crippen LogP contribution < -0.4 is 37.9 Å². The van der Waals surface area contributed by atoms with Crippen LogP contribution in [0, 0.1) is 83.4 Å². The third-order valence-corrected chi connectivity index (χ3v) is 25.9. The van der Waals surface area contributed by atoms with Crippen molar-refractivity contribution in [1.82, 2.24) is 0 Å². The van der Waals surface area contributed by atoms with Crippen molar-refractivity contribution in [2.24, 2.45) is 47.3 Å². The Labute approximate surface area is 806 Å². The number of ether oxygens (including phenoxy) is 8. The molecular formula is C117H161ClF8O8. The Morgan fingerprint density at radius 1 is 0.246 bits per heavy atom. The van der Waals surface area contributed by atoms with Crippen LogP contribution >= 0.6 is 11.6 Å². The van der Waals surface area contributed by atoms with Gasteiger partial charge in [-0.15, -0.1) is 0 Å². The van der Waals surface area contributed by atoms with Crippen LogP contribution in [0.15, 0.2) is 146 Å². The predicted molar refractivity (Wildman–Crippen MR) is 535 cm³/mol. The molecular weight excluding hydrogens is 1720 g/mol. The van der Waals surface area contributed by atoms with E-state index in [0.717, 1.165) is 107 Å². The van der Waals surface area contributed by atoms with Crippen LogP contribution in [-0.4, -0.2) is 52.9 Å². The molecule has 134 heavy (non-hydrogen) atoms. The Balaban J connectivity index is 0.000000172. The number of halogens is 9. The summed E-state index contributed by atoms with van der Waals surface area (Å²) in [5.41, 5.74) is 8.70. The minimum absolute atomic E-state index is 0.0270. The molecule has 0 spiro atoms. The summed E-state index contributed by atoms with van der Waals surface area (Å²) in [6, 6.07) is 42.9. The van der Waals surface area contributed by atoms with Gasteiger partial charge in [-0.2, -0.15) is 13.2 Å². The number of benzene rings is 8. The Morgan fingerprint density at radius 2 is 0.522 bits per heavy atom. The highest BCUT2D eigenvalue weighted by Gasteiger charge is 2.37. The molecule has 8 aliphatic rings. The fraction of sp³-hybridized carbons (Fsp3) is 0.590. The fourth-order valence-electron chi connectivity index (χ4n) is 14.5. The van der Waals surface area contributed by atoms with Crippen LogP contribution in [0.1, 0.15) is 344 Å². The van der Waals surface area contributed by atoms with E-state index in [-0.39, 0.29) is 78.2 Å². The Hall–Kier alpha value is -8.11. The van der Waals surface area contributed by atoms with Gasteiger partial charge in [0.15, 0.2) is 46.3 Å². The molecule has 0 saturated heterocycles. The maximum Gasteiger partial charge on any atom is 0.419 e. The van der Waals surface area contributed by atoms with Crippen LogP contribution in [0.25, 0.3) is 0 Å². The minimum Gasteiger partial charge on any atom is -0.493 e. The Kier molecular flexibility index (Phi) is 38.8. The van der Waals surface area contributed by atoms with Crippen molar-refractivity contribution in [1.29, 1.82) is 0 Å². The van der Waals surface area contributed by atoms with Gasteiger partial charge >= 0.3 is 6.18 Å². The molecule has 8 fully saturated rings. The molecule has 0 N–H and O–H groups in total. The maximum atomic E-state index is 14.1. The van der Waals surface area contributed by atoms with Crippen molar-refractivity contribution >= 4 is 11.6 Å². The Bertz CT molecular complexity index is 4770. The second-order valence-electron chi connectivity index (χ2n) is 47.1. The third kappa shape index (κ3) is 38.0. The van der Waals surface area contributed by atoms with Crippen molar-refractivity contribution in [2.45, 2.75) is 345 Å². The zero-order chi connectivity index (χ0) is 98.7. The summed E-state index contributed by atoms with van der Waals surface area (Å²) in [6.07, 6.45) is 19.2. The van der Waals surface area contributed by atoms with Gasteiger partial charge in [-0.1, -0.05) is 252 Å². The summed E-state index contributed by atoms with van der Waals surface area (Å²) in [6.45, 7) is 58.0. The average Bonchev–Trinajstić information content (AvgIpc) is 1.54. The molecule has 16 rings (SSSR count). The number of rotatable bonds is 24. The number of hydrogen-bond acceptors (Lipinski definition) is 8. The van der Waals surface area contributed by atoms with Gasteiger partial charge in [-0.05, 0) is 341 Å². The summed E-state index contributed by atoms with van der Waals surface area (Å²) < 4.78 is 152. The first-order valence-corrected chi connectivity index (χ1v) is 50.0. The highest BCUT2D eigenvalue weighted by atomic mass is 35.5. The van der Waals surface area contributed by atoms with E-state index in [2.05, 4.69) is 141 Å². The molecule has 0 radical (unpaired) electrons. The lowest BCUT2D eigenvalue weighted by atomic mass is 9.86. The van der Waals surface area contributed by atoms with Gasteiger partial charge in [0.25, 0.3) is 0 Å². The van der Waals surface area contributed by atoms with Crippen LogP contribution in [0.3, 0.4) is 0 Å². The average molecular weight is 1880 g/mol. The zero-order valence-corrected chi connectivity index (χ0v) is 86.5. The quantitative estimate of drug-likeness (QED) is 0.0554. The zero-order valence-electron chi connectivity index (χ0n) is 85.7. The van der Waals surface area contributed by atoms with E-state index in [0.29, 0.717) is 90.6 Å². The highest BCUT2D eigenvalue weighted by molar-refractivity contribution is 6.32. The first-order chi connectivity index (χ1) is 62.5. The first kappa shape index (κ1) is 110. The molecule has 0 aliphatic heterocycles. The first-order valence-electron chi connectivity index (χ1n) is 49.6. The minimum atomic E-state index is -4.37. The van der Waals surface area contributed by atoms with Gasteiger partial charge in [0.2, 0.25) is 0 Å². The van der Waals surface area contributed by atoms with Crippen LogP contribution in [-0.2, 0) is 49.5 Å². The van der Waals surface area contributed by atoms with Gasteiger partial charge in [-0.3, -0.25) is 0 Å².